The van der Waals surface area contributed by atoms with Crippen molar-refractivity contribution in [2.24, 2.45) is 13.0 Å². The van der Waals surface area contributed by atoms with Crippen molar-refractivity contribution in [3.8, 4) is 23.2 Å². The summed E-state index contributed by atoms with van der Waals surface area (Å²) in [5.74, 6) is -0.129. The topological polar surface area (TPSA) is 88.6 Å². The van der Waals surface area contributed by atoms with Crippen LogP contribution < -0.4 is 10.1 Å². The summed E-state index contributed by atoms with van der Waals surface area (Å²) < 4.78 is 48.4. The van der Waals surface area contributed by atoms with Crippen molar-refractivity contribution in [3.63, 3.8) is 0 Å². The first kappa shape index (κ1) is 23.8. The summed E-state index contributed by atoms with van der Waals surface area (Å²) in [6.45, 7) is 2.01. The highest BCUT2D eigenvalue weighted by Crippen LogP contribution is 2.38. The molecule has 170 valence electrons. The van der Waals surface area contributed by atoms with Crippen LogP contribution in [-0.2, 0) is 13.2 Å². The van der Waals surface area contributed by atoms with Crippen LogP contribution in [0.3, 0.4) is 0 Å². The van der Waals surface area contributed by atoms with E-state index >= 15 is 0 Å². The number of pyridine rings is 1. The zero-order valence-corrected chi connectivity index (χ0v) is 18.1. The van der Waals surface area contributed by atoms with Crippen molar-refractivity contribution in [2.75, 3.05) is 19.7 Å². The molecule has 0 radical (unpaired) electrons. The van der Waals surface area contributed by atoms with Crippen LogP contribution in [0.2, 0.25) is 0 Å². The number of ether oxygens (including phenoxy) is 1. The van der Waals surface area contributed by atoms with E-state index < -0.39 is 17.6 Å². The summed E-state index contributed by atoms with van der Waals surface area (Å²) in [7, 11) is 1.74. The lowest BCUT2D eigenvalue weighted by Gasteiger charge is -2.22. The Kier molecular flexibility index (Phi) is 7.21. The van der Waals surface area contributed by atoms with E-state index in [9.17, 15) is 18.4 Å². The summed E-state index contributed by atoms with van der Waals surface area (Å²) in [6, 6.07) is 4.53. The number of hydrogen-bond acceptors (Lipinski definition) is 6. The molecule has 0 saturated carbocycles. The number of halogens is 4. The van der Waals surface area contributed by atoms with Gasteiger partial charge in [-0.15, -0.1) is 12.4 Å². The molecule has 3 aromatic rings. The lowest BCUT2D eigenvalue weighted by molar-refractivity contribution is -0.139. The molecule has 1 fully saturated rings. The fraction of sp³-hybridized carbons (Fsp3) is 0.429. The molecule has 0 spiro atoms. The Morgan fingerprint density at radius 1 is 1.28 bits per heavy atom. The number of nitriles is 1. The molecule has 1 N–H and O–H groups in total. The number of piperidine rings is 1. The van der Waals surface area contributed by atoms with E-state index in [2.05, 4.69) is 20.3 Å². The summed E-state index contributed by atoms with van der Waals surface area (Å²) >= 11 is 0. The highest BCUT2D eigenvalue weighted by atomic mass is 35.5. The van der Waals surface area contributed by atoms with E-state index in [4.69, 9.17) is 4.74 Å². The Morgan fingerprint density at radius 3 is 2.72 bits per heavy atom. The third-order valence-electron chi connectivity index (χ3n) is 5.48. The van der Waals surface area contributed by atoms with Gasteiger partial charge in [0.15, 0.2) is 0 Å². The minimum Gasteiger partial charge on any atom is -0.477 e. The maximum atomic E-state index is 13.8. The number of aryl methyl sites for hydroxylation is 1. The molecular formula is C21H22ClF3N6O. The van der Waals surface area contributed by atoms with Gasteiger partial charge in [0.1, 0.15) is 17.3 Å². The van der Waals surface area contributed by atoms with Crippen molar-refractivity contribution in [2.45, 2.75) is 25.4 Å². The predicted octanol–water partition coefficient (Wildman–Crippen LogP) is 4.11. The van der Waals surface area contributed by atoms with Gasteiger partial charge in [0.05, 0.1) is 12.3 Å². The van der Waals surface area contributed by atoms with Crippen molar-refractivity contribution < 1.29 is 17.9 Å². The normalized spacial score (nSPS) is 14.7. The van der Waals surface area contributed by atoms with Crippen LogP contribution >= 0.6 is 12.4 Å². The quantitative estimate of drug-likeness (QED) is 0.608. The third-order valence-corrected chi connectivity index (χ3v) is 5.48. The van der Waals surface area contributed by atoms with Crippen LogP contribution in [0.25, 0.3) is 22.3 Å². The number of aromatic nitrogens is 4. The minimum absolute atomic E-state index is 0. The second-order valence-corrected chi connectivity index (χ2v) is 7.58. The summed E-state index contributed by atoms with van der Waals surface area (Å²) in [6.07, 6.45) is 1.03. The van der Waals surface area contributed by atoms with E-state index in [0.29, 0.717) is 23.4 Å². The molecule has 0 amide bonds. The maximum Gasteiger partial charge on any atom is 0.421 e. The van der Waals surface area contributed by atoms with Crippen LogP contribution in [-0.4, -0.2) is 39.2 Å². The van der Waals surface area contributed by atoms with Gasteiger partial charge < -0.3 is 14.6 Å². The van der Waals surface area contributed by atoms with Gasteiger partial charge in [-0.1, -0.05) is 0 Å². The molecule has 4 rings (SSSR count). The van der Waals surface area contributed by atoms with Gasteiger partial charge in [0, 0.05) is 30.4 Å². The van der Waals surface area contributed by atoms with Crippen molar-refractivity contribution in [1.82, 2.24) is 24.8 Å². The number of nitrogens with one attached hydrogen (secondary N) is 1. The maximum absolute atomic E-state index is 13.8. The number of fused-ring (bicyclic) bond motifs is 1. The Hall–Kier alpha value is -2.90. The molecule has 1 aliphatic heterocycles. The van der Waals surface area contributed by atoms with Gasteiger partial charge in [0.2, 0.25) is 11.7 Å². The van der Waals surface area contributed by atoms with Crippen LogP contribution in [0, 0.1) is 17.2 Å². The van der Waals surface area contributed by atoms with E-state index in [-0.39, 0.29) is 36.1 Å². The molecule has 11 heteroatoms. The lowest BCUT2D eigenvalue weighted by Crippen LogP contribution is -2.28. The molecular weight excluding hydrogens is 445 g/mol. The van der Waals surface area contributed by atoms with E-state index in [0.717, 1.165) is 32.0 Å². The molecule has 7 nitrogen and oxygen atoms in total. The first-order valence-electron chi connectivity index (χ1n) is 10.0. The monoisotopic (exact) mass is 466 g/mol. The summed E-state index contributed by atoms with van der Waals surface area (Å²) in [4.78, 5) is 12.2. The van der Waals surface area contributed by atoms with Gasteiger partial charge in [-0.2, -0.15) is 18.4 Å². The smallest absolute Gasteiger partial charge is 0.421 e. The van der Waals surface area contributed by atoms with Crippen LogP contribution in [0.4, 0.5) is 13.2 Å². The molecule has 0 atom stereocenters. The molecule has 4 heterocycles. The molecule has 0 aliphatic carbocycles. The molecule has 0 bridgehead atoms. The highest BCUT2D eigenvalue weighted by Gasteiger charge is 2.36. The second-order valence-electron chi connectivity index (χ2n) is 7.58. The Balaban J connectivity index is 0.00000289. The standard InChI is InChI=1S/C21H21F3N6O.ClH/c1-30-8-4-15-18(28-17(11-25)29-19(15)30)14-10-16(21(22,23)24)20(27-12-14)31-9-5-13-2-6-26-7-3-13;/h4,8,10,12-13,26H,2-3,5-7,9H2,1H3;1H. The van der Waals surface area contributed by atoms with E-state index in [1.54, 1.807) is 23.9 Å². The SMILES string of the molecule is Cl.Cn1ccc2c(-c3cnc(OCCC4CCNCC4)c(C(F)(F)F)c3)nc(C#N)nc21. The Morgan fingerprint density at radius 2 is 2.03 bits per heavy atom. The first-order valence-corrected chi connectivity index (χ1v) is 10.0. The number of alkyl halides is 3. The molecule has 1 aliphatic rings. The molecule has 0 unspecified atom stereocenters. The zero-order chi connectivity index (χ0) is 22.0. The Bertz CT molecular complexity index is 1130. The number of hydrogen-bond donors (Lipinski definition) is 1. The highest BCUT2D eigenvalue weighted by molar-refractivity contribution is 5.91. The number of rotatable bonds is 5. The molecule has 1 saturated heterocycles. The van der Waals surface area contributed by atoms with Crippen LogP contribution in [0.15, 0.2) is 24.5 Å². The first-order chi connectivity index (χ1) is 14.9. The predicted molar refractivity (Wildman–Crippen MR) is 114 cm³/mol. The summed E-state index contributed by atoms with van der Waals surface area (Å²) in [5.41, 5.74) is -0.136. The third kappa shape index (κ3) is 4.95. The van der Waals surface area contributed by atoms with Crippen molar-refractivity contribution >= 4 is 23.4 Å². The van der Waals surface area contributed by atoms with E-state index in [1.165, 1.54) is 6.20 Å². The van der Waals surface area contributed by atoms with Crippen molar-refractivity contribution in [3.05, 3.63) is 35.9 Å². The minimum atomic E-state index is -4.64. The van der Waals surface area contributed by atoms with E-state index in [1.807, 2.05) is 6.07 Å². The Labute approximate surface area is 189 Å². The molecule has 32 heavy (non-hydrogen) atoms. The van der Waals surface area contributed by atoms with Gasteiger partial charge >= 0.3 is 6.18 Å². The van der Waals surface area contributed by atoms with Gasteiger partial charge in [-0.25, -0.2) is 15.0 Å². The fourth-order valence-electron chi connectivity index (χ4n) is 3.80. The van der Waals surface area contributed by atoms with Gasteiger partial charge in [-0.3, -0.25) is 0 Å². The average Bonchev–Trinajstić information content (AvgIpc) is 3.14. The number of nitrogens with zero attached hydrogens (tertiary/aromatic N) is 5. The van der Waals surface area contributed by atoms with Gasteiger partial charge in [-0.05, 0) is 50.4 Å². The van der Waals surface area contributed by atoms with Crippen molar-refractivity contribution in [1.29, 1.82) is 5.26 Å². The van der Waals surface area contributed by atoms with Gasteiger partial charge in [0.25, 0.3) is 0 Å². The zero-order valence-electron chi connectivity index (χ0n) is 17.3. The summed E-state index contributed by atoms with van der Waals surface area (Å²) in [5, 5.41) is 13.0. The van der Waals surface area contributed by atoms with Crippen LogP contribution in [0.1, 0.15) is 30.7 Å². The lowest BCUT2D eigenvalue weighted by atomic mass is 9.95. The fourth-order valence-corrected chi connectivity index (χ4v) is 3.80. The largest absolute Gasteiger partial charge is 0.477 e. The molecule has 3 aromatic heterocycles. The average molecular weight is 467 g/mol. The second kappa shape index (κ2) is 9.71. The molecule has 0 aromatic carbocycles. The van der Waals surface area contributed by atoms with Crippen LogP contribution in [0.5, 0.6) is 5.88 Å².